The predicted octanol–water partition coefficient (Wildman–Crippen LogP) is -0.444. The van der Waals surface area contributed by atoms with E-state index in [1.807, 2.05) is 13.6 Å². The molecule has 0 bridgehead atoms. The van der Waals surface area contributed by atoms with E-state index in [9.17, 15) is 19.2 Å². The van der Waals surface area contributed by atoms with Gasteiger partial charge in [-0.15, -0.1) is 9.24 Å². The average Bonchev–Trinajstić information content (AvgIpc) is 2.81. The Morgan fingerprint density at radius 3 is 1.79 bits per heavy atom. The molecular formula is C21H42N3O9P. The monoisotopic (exact) mass is 511 g/mol. The van der Waals surface area contributed by atoms with Crippen LogP contribution >= 0.6 is 9.24 Å². The molecule has 0 aliphatic rings. The highest BCUT2D eigenvalue weighted by Gasteiger charge is 2.19. The summed E-state index contributed by atoms with van der Waals surface area (Å²) >= 11 is 0. The van der Waals surface area contributed by atoms with Crippen LogP contribution in [0.3, 0.4) is 0 Å². The molecule has 0 aliphatic heterocycles. The molecule has 0 fully saturated rings. The fourth-order valence-electron chi connectivity index (χ4n) is 2.29. The zero-order chi connectivity index (χ0) is 26.0. The van der Waals surface area contributed by atoms with Crippen molar-refractivity contribution < 1.29 is 43.2 Å². The number of carbonyl (C=O) groups is 4. The number of nitrogens with one attached hydrogen (secondary N) is 3. The van der Waals surface area contributed by atoms with E-state index in [0.29, 0.717) is 33.0 Å². The molecule has 0 aromatic heterocycles. The number of amides is 3. The summed E-state index contributed by atoms with van der Waals surface area (Å²) in [7, 11) is 2.42. The third kappa shape index (κ3) is 24.8. The van der Waals surface area contributed by atoms with Crippen molar-refractivity contribution >= 4 is 32.9 Å². The van der Waals surface area contributed by atoms with Gasteiger partial charge in [-0.3, -0.25) is 14.4 Å². The van der Waals surface area contributed by atoms with E-state index < -0.39 is 17.9 Å². The minimum Gasteiger partial charge on any atom is -0.480 e. The minimum atomic E-state index is -1.19. The third-order valence-corrected chi connectivity index (χ3v) is 3.80. The van der Waals surface area contributed by atoms with Gasteiger partial charge < -0.3 is 40.0 Å². The SMILES string of the molecule is CCCOCCOCCNC(=O)COCCOCCNC(=O)CCC(NC(C)=O)C(=O)O.CP. The normalized spacial score (nSPS) is 11.1. The highest BCUT2D eigenvalue weighted by Crippen LogP contribution is 1.98. The smallest absolute Gasteiger partial charge is 0.326 e. The van der Waals surface area contributed by atoms with Gasteiger partial charge in [0.1, 0.15) is 12.6 Å². The van der Waals surface area contributed by atoms with Gasteiger partial charge in [0.15, 0.2) is 0 Å². The topological polar surface area (TPSA) is 162 Å². The largest absolute Gasteiger partial charge is 0.480 e. The van der Waals surface area contributed by atoms with Gasteiger partial charge in [0, 0.05) is 33.0 Å². The molecule has 0 aromatic rings. The van der Waals surface area contributed by atoms with Crippen LogP contribution in [-0.2, 0) is 38.1 Å². The number of carbonyl (C=O) groups excluding carboxylic acids is 3. The van der Waals surface area contributed by atoms with Crippen LogP contribution in [0.5, 0.6) is 0 Å². The maximum atomic E-state index is 11.7. The summed E-state index contributed by atoms with van der Waals surface area (Å²) in [6.45, 7) is 8.60. The van der Waals surface area contributed by atoms with Crippen molar-refractivity contribution in [2.75, 3.05) is 72.6 Å². The van der Waals surface area contributed by atoms with Gasteiger partial charge in [-0.1, -0.05) is 13.6 Å². The van der Waals surface area contributed by atoms with E-state index in [2.05, 4.69) is 25.2 Å². The number of hydrogen-bond acceptors (Lipinski definition) is 8. The molecule has 4 N–H and O–H groups in total. The molecule has 12 nitrogen and oxygen atoms in total. The molecule has 2 atom stereocenters. The zero-order valence-corrected chi connectivity index (χ0v) is 21.7. The first-order chi connectivity index (χ1) is 16.4. The molecule has 0 radical (unpaired) electrons. The van der Waals surface area contributed by atoms with Crippen molar-refractivity contribution in [1.29, 1.82) is 0 Å². The lowest BCUT2D eigenvalue weighted by atomic mass is 10.1. The van der Waals surface area contributed by atoms with Crippen molar-refractivity contribution in [3.63, 3.8) is 0 Å². The van der Waals surface area contributed by atoms with Crippen molar-refractivity contribution in [2.24, 2.45) is 0 Å². The summed E-state index contributed by atoms with van der Waals surface area (Å²) in [5, 5.41) is 16.5. The maximum Gasteiger partial charge on any atom is 0.326 e. The lowest BCUT2D eigenvalue weighted by Crippen LogP contribution is -2.40. The summed E-state index contributed by atoms with van der Waals surface area (Å²) in [4.78, 5) is 45.2. The predicted molar refractivity (Wildman–Crippen MR) is 130 cm³/mol. The van der Waals surface area contributed by atoms with Crippen LogP contribution in [0.4, 0.5) is 0 Å². The fourth-order valence-corrected chi connectivity index (χ4v) is 2.29. The number of rotatable bonds is 21. The van der Waals surface area contributed by atoms with Gasteiger partial charge in [0.25, 0.3) is 0 Å². The first-order valence-corrected chi connectivity index (χ1v) is 12.4. The maximum absolute atomic E-state index is 11.7. The molecule has 200 valence electrons. The van der Waals surface area contributed by atoms with Gasteiger partial charge in [0.05, 0.1) is 39.6 Å². The van der Waals surface area contributed by atoms with E-state index in [0.717, 1.165) is 6.42 Å². The zero-order valence-electron chi connectivity index (χ0n) is 20.6. The number of ether oxygens (including phenoxy) is 4. The molecule has 13 heteroatoms. The van der Waals surface area contributed by atoms with E-state index in [4.69, 9.17) is 24.1 Å². The van der Waals surface area contributed by atoms with Gasteiger partial charge in [0.2, 0.25) is 17.7 Å². The number of hydrogen-bond donors (Lipinski definition) is 4. The van der Waals surface area contributed by atoms with Crippen LogP contribution < -0.4 is 16.0 Å². The van der Waals surface area contributed by atoms with Gasteiger partial charge in [-0.05, 0) is 12.8 Å². The van der Waals surface area contributed by atoms with Crippen LogP contribution in [0.1, 0.15) is 33.1 Å². The van der Waals surface area contributed by atoms with Crippen LogP contribution in [-0.4, -0.2) is 107 Å². The number of aliphatic carboxylic acids is 1. The molecule has 0 heterocycles. The fraction of sp³-hybridized carbons (Fsp3) is 0.810. The molecule has 0 spiro atoms. The number of carboxylic acid groups (broad SMARTS) is 1. The van der Waals surface area contributed by atoms with Crippen molar-refractivity contribution in [1.82, 2.24) is 16.0 Å². The Kier molecular flexibility index (Phi) is 26.0. The van der Waals surface area contributed by atoms with E-state index >= 15 is 0 Å². The molecule has 0 aliphatic carbocycles. The first kappa shape index (κ1) is 34.3. The summed E-state index contributed by atoms with van der Waals surface area (Å²) in [5.41, 5.74) is 0. The third-order valence-electron chi connectivity index (χ3n) is 3.80. The Labute approximate surface area is 204 Å². The first-order valence-electron chi connectivity index (χ1n) is 11.3. The summed E-state index contributed by atoms with van der Waals surface area (Å²) < 4.78 is 21.0. The van der Waals surface area contributed by atoms with E-state index in [1.54, 1.807) is 0 Å². The Bertz CT molecular complexity index is 554. The van der Waals surface area contributed by atoms with E-state index in [-0.39, 0.29) is 57.6 Å². The molecule has 0 saturated heterocycles. The second-order valence-electron chi connectivity index (χ2n) is 6.72. The summed E-state index contributed by atoms with van der Waals surface area (Å²) in [6, 6.07) is -1.10. The van der Waals surface area contributed by atoms with Gasteiger partial charge >= 0.3 is 5.97 Å². The molecule has 34 heavy (non-hydrogen) atoms. The standard InChI is InChI=1S/C20H37N3O9.CH5P/c1-3-8-29-11-12-30-10-7-22-19(26)15-32-14-13-31-9-6-21-18(25)5-4-17(20(27)28)23-16(2)24;1-2/h17H,3-15H2,1-2H3,(H,21,25)(H,22,26)(H,23,24)(H,27,28);2H2,1H3. The van der Waals surface area contributed by atoms with Crippen molar-refractivity contribution in [3.8, 4) is 0 Å². The summed E-state index contributed by atoms with van der Waals surface area (Å²) in [5.74, 6) is -2.24. The van der Waals surface area contributed by atoms with Gasteiger partial charge in [-0.25, -0.2) is 4.79 Å². The highest BCUT2D eigenvalue weighted by molar-refractivity contribution is 7.15. The Hall–Kier alpha value is -1.85. The van der Waals surface area contributed by atoms with E-state index in [1.165, 1.54) is 6.92 Å². The Balaban J connectivity index is 0. The van der Waals surface area contributed by atoms with Crippen LogP contribution in [0.15, 0.2) is 0 Å². The Morgan fingerprint density at radius 1 is 0.794 bits per heavy atom. The second-order valence-corrected chi connectivity index (χ2v) is 6.72. The summed E-state index contributed by atoms with van der Waals surface area (Å²) in [6.07, 6.45) is 0.931. The molecule has 3 amide bonds. The molecule has 0 saturated carbocycles. The minimum absolute atomic E-state index is 0.00297. The van der Waals surface area contributed by atoms with Crippen LogP contribution in [0.2, 0.25) is 0 Å². The molecule has 0 rings (SSSR count). The van der Waals surface area contributed by atoms with Crippen molar-refractivity contribution in [2.45, 2.75) is 39.2 Å². The number of carboxylic acids is 1. The molecule has 0 aromatic carbocycles. The quantitative estimate of drug-likeness (QED) is 0.118. The second kappa shape index (κ2) is 25.8. The lowest BCUT2D eigenvalue weighted by Gasteiger charge is -2.13. The highest BCUT2D eigenvalue weighted by atomic mass is 31.0. The van der Waals surface area contributed by atoms with Crippen LogP contribution in [0, 0.1) is 0 Å². The molecule has 2 unspecified atom stereocenters. The van der Waals surface area contributed by atoms with Crippen molar-refractivity contribution in [3.05, 3.63) is 0 Å². The average molecular weight is 512 g/mol. The lowest BCUT2D eigenvalue weighted by molar-refractivity contribution is -0.141. The Morgan fingerprint density at radius 2 is 1.29 bits per heavy atom. The molecular weight excluding hydrogens is 469 g/mol. The van der Waals surface area contributed by atoms with Gasteiger partial charge in [-0.2, -0.15) is 0 Å². The van der Waals surface area contributed by atoms with Crippen LogP contribution in [0.25, 0.3) is 0 Å².